The molecule has 0 N–H and O–H groups in total. The molecule has 2 fully saturated rings. The van der Waals surface area contributed by atoms with Gasteiger partial charge < -0.3 is 9.64 Å². The van der Waals surface area contributed by atoms with Gasteiger partial charge in [-0.2, -0.15) is 0 Å². The van der Waals surface area contributed by atoms with Gasteiger partial charge in [-0.3, -0.25) is 4.90 Å². The van der Waals surface area contributed by atoms with E-state index in [2.05, 4.69) is 23.6 Å². The molecule has 0 aromatic rings. The monoisotopic (exact) mass is 254 g/mol. The summed E-state index contributed by atoms with van der Waals surface area (Å²) in [5.74, 6) is 0.846. The van der Waals surface area contributed by atoms with Crippen molar-refractivity contribution in [2.24, 2.45) is 5.92 Å². The summed E-state index contributed by atoms with van der Waals surface area (Å²) < 4.78 is 5.83. The van der Waals surface area contributed by atoms with E-state index in [9.17, 15) is 0 Å². The average Bonchev–Trinajstić information content (AvgIpc) is 2.34. The van der Waals surface area contributed by atoms with Gasteiger partial charge in [0.1, 0.15) is 0 Å². The van der Waals surface area contributed by atoms with Crippen LogP contribution in [0, 0.1) is 5.92 Å². The Labute approximate surface area is 112 Å². The standard InChI is InChI=1S/C15H30N2O/c1-3-14(2)13-17-9-7-16(8-10-17)11-12-18-15-5-4-6-15/h14-15H,3-13H2,1-2H3. The molecular weight excluding hydrogens is 224 g/mol. The van der Waals surface area contributed by atoms with Crippen LogP contribution in [0.25, 0.3) is 0 Å². The topological polar surface area (TPSA) is 15.7 Å². The minimum Gasteiger partial charge on any atom is -0.377 e. The van der Waals surface area contributed by atoms with E-state index in [0.717, 1.165) is 19.1 Å². The minimum absolute atomic E-state index is 0.594. The van der Waals surface area contributed by atoms with E-state index in [0.29, 0.717) is 6.10 Å². The Hall–Kier alpha value is -0.120. The molecule has 1 heterocycles. The van der Waals surface area contributed by atoms with Crippen molar-refractivity contribution < 1.29 is 4.74 Å². The summed E-state index contributed by atoms with van der Waals surface area (Å²) in [6, 6.07) is 0. The van der Waals surface area contributed by atoms with E-state index in [-0.39, 0.29) is 0 Å². The Morgan fingerprint density at radius 2 is 1.78 bits per heavy atom. The third-order valence-electron chi connectivity index (χ3n) is 4.54. The molecule has 0 spiro atoms. The molecule has 0 bridgehead atoms. The summed E-state index contributed by atoms with van der Waals surface area (Å²) in [6.45, 7) is 12.9. The van der Waals surface area contributed by atoms with Crippen LogP contribution in [-0.4, -0.2) is 61.8 Å². The number of piperazine rings is 1. The minimum atomic E-state index is 0.594. The summed E-state index contributed by atoms with van der Waals surface area (Å²) in [5.41, 5.74) is 0. The van der Waals surface area contributed by atoms with Crippen LogP contribution in [0.5, 0.6) is 0 Å². The van der Waals surface area contributed by atoms with Crippen LogP contribution in [0.3, 0.4) is 0 Å². The largest absolute Gasteiger partial charge is 0.377 e. The Morgan fingerprint density at radius 1 is 1.11 bits per heavy atom. The highest BCUT2D eigenvalue weighted by Gasteiger charge is 2.20. The van der Waals surface area contributed by atoms with E-state index in [1.165, 1.54) is 58.4 Å². The predicted molar refractivity (Wildman–Crippen MR) is 75.9 cm³/mol. The van der Waals surface area contributed by atoms with Crippen LogP contribution in [0.2, 0.25) is 0 Å². The van der Waals surface area contributed by atoms with Crippen molar-refractivity contribution in [2.75, 3.05) is 45.9 Å². The van der Waals surface area contributed by atoms with E-state index in [4.69, 9.17) is 4.74 Å². The predicted octanol–water partition coefficient (Wildman–Crippen LogP) is 2.22. The van der Waals surface area contributed by atoms with Gasteiger partial charge in [0.2, 0.25) is 0 Å². The summed E-state index contributed by atoms with van der Waals surface area (Å²) >= 11 is 0. The fourth-order valence-corrected chi connectivity index (χ4v) is 2.65. The van der Waals surface area contributed by atoms with Crippen molar-refractivity contribution in [3.05, 3.63) is 0 Å². The van der Waals surface area contributed by atoms with Gasteiger partial charge >= 0.3 is 0 Å². The molecule has 2 rings (SSSR count). The molecule has 1 aliphatic heterocycles. The summed E-state index contributed by atoms with van der Waals surface area (Å²) in [6.07, 6.45) is 5.86. The zero-order valence-corrected chi connectivity index (χ0v) is 12.2. The number of hydrogen-bond donors (Lipinski definition) is 0. The third-order valence-corrected chi connectivity index (χ3v) is 4.54. The molecule has 3 nitrogen and oxygen atoms in total. The van der Waals surface area contributed by atoms with Crippen LogP contribution in [-0.2, 0) is 4.74 Å². The van der Waals surface area contributed by atoms with Crippen LogP contribution in [0.15, 0.2) is 0 Å². The first-order chi connectivity index (χ1) is 8.78. The lowest BCUT2D eigenvalue weighted by Gasteiger charge is -2.36. The van der Waals surface area contributed by atoms with Gasteiger partial charge in [-0.05, 0) is 25.2 Å². The van der Waals surface area contributed by atoms with Crippen LogP contribution >= 0.6 is 0 Å². The Kier molecular flexibility index (Phi) is 5.93. The SMILES string of the molecule is CCC(C)CN1CCN(CCOC2CCC2)CC1. The van der Waals surface area contributed by atoms with Crippen LogP contribution in [0.4, 0.5) is 0 Å². The zero-order valence-electron chi connectivity index (χ0n) is 12.2. The number of rotatable bonds is 7. The van der Waals surface area contributed by atoms with Gasteiger partial charge in [0.05, 0.1) is 12.7 Å². The molecule has 1 atom stereocenters. The van der Waals surface area contributed by atoms with Crippen LogP contribution in [0.1, 0.15) is 39.5 Å². The van der Waals surface area contributed by atoms with Crippen molar-refractivity contribution in [1.29, 1.82) is 0 Å². The number of nitrogens with zero attached hydrogens (tertiary/aromatic N) is 2. The maximum Gasteiger partial charge on any atom is 0.0597 e. The molecule has 106 valence electrons. The molecule has 0 radical (unpaired) electrons. The lowest BCUT2D eigenvalue weighted by Crippen LogP contribution is -2.48. The quantitative estimate of drug-likeness (QED) is 0.693. The lowest BCUT2D eigenvalue weighted by atomic mass is 9.96. The van der Waals surface area contributed by atoms with Gasteiger partial charge in [-0.1, -0.05) is 20.3 Å². The van der Waals surface area contributed by atoms with Gasteiger partial charge in [-0.15, -0.1) is 0 Å². The second-order valence-corrected chi connectivity index (χ2v) is 6.08. The molecule has 1 saturated heterocycles. The Bertz CT molecular complexity index is 223. The van der Waals surface area contributed by atoms with Crippen molar-refractivity contribution >= 4 is 0 Å². The maximum absolute atomic E-state index is 5.83. The highest BCUT2D eigenvalue weighted by atomic mass is 16.5. The Balaban J connectivity index is 1.52. The fourth-order valence-electron chi connectivity index (χ4n) is 2.65. The first kappa shape index (κ1) is 14.3. The zero-order chi connectivity index (χ0) is 12.8. The summed E-state index contributed by atoms with van der Waals surface area (Å²) in [5, 5.41) is 0. The molecule has 0 aromatic carbocycles. The van der Waals surface area contributed by atoms with Crippen molar-refractivity contribution in [3.63, 3.8) is 0 Å². The molecule has 1 saturated carbocycles. The fraction of sp³-hybridized carbons (Fsp3) is 1.00. The lowest BCUT2D eigenvalue weighted by molar-refractivity contribution is -0.0126. The first-order valence-electron chi connectivity index (χ1n) is 7.84. The molecule has 3 heteroatoms. The highest BCUT2D eigenvalue weighted by molar-refractivity contribution is 4.74. The second kappa shape index (κ2) is 7.46. The summed E-state index contributed by atoms with van der Waals surface area (Å²) in [7, 11) is 0. The van der Waals surface area contributed by atoms with Gasteiger partial charge in [-0.25, -0.2) is 0 Å². The van der Waals surface area contributed by atoms with Gasteiger partial charge in [0.25, 0.3) is 0 Å². The molecule has 18 heavy (non-hydrogen) atoms. The average molecular weight is 254 g/mol. The molecule has 1 aliphatic carbocycles. The molecule has 1 unspecified atom stereocenters. The van der Waals surface area contributed by atoms with E-state index in [1.54, 1.807) is 0 Å². The van der Waals surface area contributed by atoms with Gasteiger partial charge in [0, 0.05) is 39.3 Å². The molecule has 0 amide bonds. The molecule has 2 aliphatic rings. The van der Waals surface area contributed by atoms with E-state index in [1.807, 2.05) is 0 Å². The summed E-state index contributed by atoms with van der Waals surface area (Å²) in [4.78, 5) is 5.18. The van der Waals surface area contributed by atoms with Gasteiger partial charge in [0.15, 0.2) is 0 Å². The number of ether oxygens (including phenoxy) is 1. The van der Waals surface area contributed by atoms with Crippen molar-refractivity contribution in [1.82, 2.24) is 9.80 Å². The van der Waals surface area contributed by atoms with Crippen LogP contribution < -0.4 is 0 Å². The van der Waals surface area contributed by atoms with Crippen molar-refractivity contribution in [2.45, 2.75) is 45.6 Å². The van der Waals surface area contributed by atoms with Crippen molar-refractivity contribution in [3.8, 4) is 0 Å². The second-order valence-electron chi connectivity index (χ2n) is 6.08. The maximum atomic E-state index is 5.83. The molecule has 0 aromatic heterocycles. The number of hydrogen-bond acceptors (Lipinski definition) is 3. The first-order valence-corrected chi connectivity index (χ1v) is 7.84. The highest BCUT2D eigenvalue weighted by Crippen LogP contribution is 2.21. The smallest absolute Gasteiger partial charge is 0.0597 e. The van der Waals surface area contributed by atoms with E-state index < -0.39 is 0 Å². The van der Waals surface area contributed by atoms with E-state index >= 15 is 0 Å². The Morgan fingerprint density at radius 3 is 2.33 bits per heavy atom. The normalized spacial score (nSPS) is 25.0. The molecular formula is C15H30N2O. The third kappa shape index (κ3) is 4.52.